The van der Waals surface area contributed by atoms with Crippen LogP contribution < -0.4 is 15.9 Å². The first-order chi connectivity index (χ1) is 14.5. The summed E-state index contributed by atoms with van der Waals surface area (Å²) >= 11 is 0. The molecule has 0 unspecified atom stereocenters. The summed E-state index contributed by atoms with van der Waals surface area (Å²) in [4.78, 5) is 36.6. The Morgan fingerprint density at radius 3 is 2.73 bits per heavy atom. The maximum Gasteiger partial charge on any atom is 0.336 e. The molecule has 0 aliphatic heterocycles. The summed E-state index contributed by atoms with van der Waals surface area (Å²) in [6, 6.07) is 11.7. The van der Waals surface area contributed by atoms with E-state index < -0.39 is 11.6 Å². The molecule has 152 valence electrons. The lowest BCUT2D eigenvalue weighted by molar-refractivity contribution is -0.134. The number of carbonyl (C=O) groups is 1. The predicted octanol–water partition coefficient (Wildman–Crippen LogP) is 2.76. The third-order valence-electron chi connectivity index (χ3n) is 4.89. The molecule has 0 N–H and O–H groups in total. The van der Waals surface area contributed by atoms with Gasteiger partial charge in [-0.25, -0.2) is 9.48 Å². The van der Waals surface area contributed by atoms with Crippen molar-refractivity contribution in [2.45, 2.75) is 33.2 Å². The summed E-state index contributed by atoms with van der Waals surface area (Å²) in [5, 5.41) is 9.11. The first-order valence-corrected chi connectivity index (χ1v) is 9.57. The van der Waals surface area contributed by atoms with Crippen LogP contribution in [0, 0.1) is 6.92 Å². The molecular formula is C22H19N3O5. The lowest BCUT2D eigenvalue weighted by atomic mass is 10.1. The molecule has 0 aliphatic carbocycles. The van der Waals surface area contributed by atoms with Crippen LogP contribution >= 0.6 is 0 Å². The summed E-state index contributed by atoms with van der Waals surface area (Å²) in [5.41, 5.74) is 1.69. The van der Waals surface area contributed by atoms with E-state index in [0.717, 1.165) is 21.2 Å². The molecule has 8 heteroatoms. The molecule has 4 aromatic rings. The fourth-order valence-electron chi connectivity index (χ4n) is 3.30. The second-order valence-corrected chi connectivity index (χ2v) is 6.92. The number of rotatable bonds is 5. The maximum atomic E-state index is 12.5. The Kier molecular flexibility index (Phi) is 5.14. The van der Waals surface area contributed by atoms with Crippen molar-refractivity contribution >= 4 is 27.8 Å². The highest BCUT2D eigenvalue weighted by molar-refractivity contribution is 5.84. The lowest BCUT2D eigenvalue weighted by Gasteiger charge is -2.11. The van der Waals surface area contributed by atoms with E-state index in [1.165, 1.54) is 6.07 Å². The zero-order valence-corrected chi connectivity index (χ0v) is 16.5. The normalized spacial score (nSPS) is 11.1. The van der Waals surface area contributed by atoms with E-state index in [1.807, 2.05) is 19.9 Å². The van der Waals surface area contributed by atoms with Crippen LogP contribution in [0.1, 0.15) is 24.5 Å². The molecular weight excluding hydrogens is 386 g/mol. The van der Waals surface area contributed by atoms with Crippen LogP contribution in [0.5, 0.6) is 5.75 Å². The molecule has 0 saturated carbocycles. The van der Waals surface area contributed by atoms with Crippen molar-refractivity contribution in [3.8, 4) is 5.75 Å². The number of benzene rings is 2. The summed E-state index contributed by atoms with van der Waals surface area (Å²) in [6.07, 6.45) is 0.568. The van der Waals surface area contributed by atoms with Crippen molar-refractivity contribution in [3.05, 3.63) is 74.4 Å². The van der Waals surface area contributed by atoms with Crippen LogP contribution in [-0.2, 0) is 17.8 Å². The molecule has 8 nitrogen and oxygen atoms in total. The average Bonchev–Trinajstić information content (AvgIpc) is 2.73. The van der Waals surface area contributed by atoms with Gasteiger partial charge in [0.05, 0.1) is 18.4 Å². The van der Waals surface area contributed by atoms with Crippen molar-refractivity contribution in [3.63, 3.8) is 0 Å². The van der Waals surface area contributed by atoms with E-state index in [2.05, 4.69) is 10.3 Å². The first kappa shape index (κ1) is 19.5. The Morgan fingerprint density at radius 2 is 1.93 bits per heavy atom. The van der Waals surface area contributed by atoms with Gasteiger partial charge in [0.15, 0.2) is 0 Å². The number of ether oxygens (including phenoxy) is 1. The van der Waals surface area contributed by atoms with Crippen molar-refractivity contribution < 1.29 is 13.9 Å². The van der Waals surface area contributed by atoms with Gasteiger partial charge in [-0.1, -0.05) is 24.3 Å². The summed E-state index contributed by atoms with van der Waals surface area (Å²) in [6.45, 7) is 3.81. The first-order valence-electron chi connectivity index (χ1n) is 9.57. The van der Waals surface area contributed by atoms with Gasteiger partial charge in [0, 0.05) is 17.5 Å². The molecule has 0 atom stereocenters. The van der Waals surface area contributed by atoms with Crippen LogP contribution in [0.3, 0.4) is 0 Å². The zero-order chi connectivity index (χ0) is 21.3. The third kappa shape index (κ3) is 3.71. The Bertz CT molecular complexity index is 1390. The Morgan fingerprint density at radius 1 is 1.13 bits per heavy atom. The highest BCUT2D eigenvalue weighted by Crippen LogP contribution is 2.28. The average molecular weight is 405 g/mol. The summed E-state index contributed by atoms with van der Waals surface area (Å²) in [7, 11) is 0. The van der Waals surface area contributed by atoms with Crippen molar-refractivity contribution in [1.82, 2.24) is 15.0 Å². The van der Waals surface area contributed by atoms with E-state index in [4.69, 9.17) is 9.15 Å². The summed E-state index contributed by atoms with van der Waals surface area (Å²) < 4.78 is 11.9. The van der Waals surface area contributed by atoms with Crippen LogP contribution in [0.2, 0.25) is 0 Å². The van der Waals surface area contributed by atoms with Gasteiger partial charge in [0.1, 0.15) is 16.8 Å². The van der Waals surface area contributed by atoms with Gasteiger partial charge in [0.2, 0.25) is 0 Å². The minimum Gasteiger partial charge on any atom is -0.426 e. The van der Waals surface area contributed by atoms with E-state index in [9.17, 15) is 14.4 Å². The molecule has 2 aromatic heterocycles. The largest absolute Gasteiger partial charge is 0.426 e. The maximum absolute atomic E-state index is 12.5. The molecule has 2 heterocycles. The Balaban J connectivity index is 1.55. The van der Waals surface area contributed by atoms with Gasteiger partial charge < -0.3 is 9.15 Å². The third-order valence-corrected chi connectivity index (χ3v) is 4.89. The van der Waals surface area contributed by atoms with Crippen LogP contribution in [0.15, 0.2) is 56.5 Å². The Labute approximate surface area is 170 Å². The van der Waals surface area contributed by atoms with Gasteiger partial charge in [-0.3, -0.25) is 9.59 Å². The van der Waals surface area contributed by atoms with E-state index >= 15 is 0 Å². The number of nitrogens with zero attached hydrogens (tertiary/aromatic N) is 3. The second-order valence-electron chi connectivity index (χ2n) is 6.92. The van der Waals surface area contributed by atoms with E-state index in [1.54, 1.807) is 30.3 Å². The number of fused-ring (bicyclic) bond motifs is 2. The van der Waals surface area contributed by atoms with Crippen LogP contribution in [-0.4, -0.2) is 21.0 Å². The molecule has 0 saturated heterocycles. The van der Waals surface area contributed by atoms with Crippen LogP contribution in [0.25, 0.3) is 21.9 Å². The molecule has 0 radical (unpaired) electrons. The molecule has 0 aliphatic rings. The van der Waals surface area contributed by atoms with Crippen molar-refractivity contribution in [1.29, 1.82) is 0 Å². The standard InChI is InChI=1S/C22H19N3O5/c1-3-14-11-16-13(2)10-21(27)30-19(16)12-18(14)29-20(26)8-9-25-22(28)15-6-4-5-7-17(15)23-24-25/h4-7,10-12H,3,8-9H2,1-2H3. The minimum absolute atomic E-state index is 0.0404. The molecule has 4 rings (SSSR count). The minimum atomic E-state index is -0.527. The van der Waals surface area contributed by atoms with Gasteiger partial charge in [-0.15, -0.1) is 5.10 Å². The number of aromatic nitrogens is 3. The smallest absolute Gasteiger partial charge is 0.336 e. The van der Waals surface area contributed by atoms with Crippen LogP contribution in [0.4, 0.5) is 0 Å². The second kappa shape index (κ2) is 7.90. The van der Waals surface area contributed by atoms with E-state index in [-0.39, 0.29) is 18.5 Å². The number of carbonyl (C=O) groups excluding carboxylic acids is 1. The SMILES string of the molecule is CCc1cc2c(C)cc(=O)oc2cc1OC(=O)CCn1nnc2ccccc2c1=O. The predicted molar refractivity (Wildman–Crippen MR) is 111 cm³/mol. The van der Waals surface area contributed by atoms with Crippen molar-refractivity contribution in [2.24, 2.45) is 0 Å². The van der Waals surface area contributed by atoms with E-state index in [0.29, 0.717) is 28.7 Å². The monoisotopic (exact) mass is 405 g/mol. The fraction of sp³-hybridized carbons (Fsp3) is 0.227. The summed E-state index contributed by atoms with van der Waals surface area (Å²) in [5.74, 6) is -0.193. The Hall–Kier alpha value is -3.81. The topological polar surface area (TPSA) is 104 Å². The molecule has 0 fully saturated rings. The van der Waals surface area contributed by atoms with Gasteiger partial charge >= 0.3 is 11.6 Å². The highest BCUT2D eigenvalue weighted by Gasteiger charge is 2.14. The molecule has 0 bridgehead atoms. The molecule has 0 amide bonds. The number of hydrogen-bond donors (Lipinski definition) is 0. The number of aryl methyl sites for hydroxylation is 3. The molecule has 30 heavy (non-hydrogen) atoms. The number of esters is 1. The quantitative estimate of drug-likeness (QED) is 0.286. The van der Waals surface area contributed by atoms with Crippen molar-refractivity contribution in [2.75, 3.05) is 0 Å². The zero-order valence-electron chi connectivity index (χ0n) is 16.5. The molecule has 0 spiro atoms. The van der Waals surface area contributed by atoms with Gasteiger partial charge in [0.25, 0.3) is 5.56 Å². The lowest BCUT2D eigenvalue weighted by Crippen LogP contribution is -2.26. The van der Waals surface area contributed by atoms with Gasteiger partial charge in [-0.2, -0.15) is 0 Å². The highest BCUT2D eigenvalue weighted by atomic mass is 16.5. The number of hydrogen-bond acceptors (Lipinski definition) is 7. The molecule has 2 aromatic carbocycles. The fourth-order valence-corrected chi connectivity index (χ4v) is 3.30. The van der Waals surface area contributed by atoms with Gasteiger partial charge in [-0.05, 0) is 42.7 Å².